The lowest BCUT2D eigenvalue weighted by molar-refractivity contribution is -0.142. The van der Waals surface area contributed by atoms with Crippen LogP contribution < -0.4 is 10.6 Å². The van der Waals surface area contributed by atoms with Gasteiger partial charge in [-0.2, -0.15) is 0 Å². The van der Waals surface area contributed by atoms with E-state index in [1.54, 1.807) is 25.7 Å². The molecule has 0 aliphatic rings. The summed E-state index contributed by atoms with van der Waals surface area (Å²) < 4.78 is 5.50. The predicted octanol–water partition coefficient (Wildman–Crippen LogP) is 5.63. The largest absolute Gasteiger partial charge is 0.444 e. The number of amides is 3. The molecule has 2 N–H and O–H groups in total. The second kappa shape index (κ2) is 14.0. The van der Waals surface area contributed by atoms with Crippen molar-refractivity contribution in [2.75, 3.05) is 6.54 Å². The third kappa shape index (κ3) is 9.19. The van der Waals surface area contributed by atoms with Gasteiger partial charge in [-0.1, -0.05) is 61.9 Å². The summed E-state index contributed by atoms with van der Waals surface area (Å²) in [6.45, 7) is 15.5. The summed E-state index contributed by atoms with van der Waals surface area (Å²) >= 11 is 0. The van der Waals surface area contributed by atoms with Crippen LogP contribution in [0.3, 0.4) is 0 Å². The van der Waals surface area contributed by atoms with Crippen LogP contribution in [0, 0.1) is 13.8 Å². The van der Waals surface area contributed by atoms with E-state index in [9.17, 15) is 14.4 Å². The first-order chi connectivity index (χ1) is 17.8. The average Bonchev–Trinajstić information content (AvgIpc) is 2.81. The van der Waals surface area contributed by atoms with Crippen LogP contribution in [-0.4, -0.2) is 47.0 Å². The molecule has 7 heteroatoms. The number of carbonyl (C=O) groups excluding carboxylic acids is 3. The maximum absolute atomic E-state index is 14.4. The van der Waals surface area contributed by atoms with E-state index < -0.39 is 23.8 Å². The van der Waals surface area contributed by atoms with Gasteiger partial charge in [-0.25, -0.2) is 4.79 Å². The normalized spacial score (nSPS) is 13.0. The summed E-state index contributed by atoms with van der Waals surface area (Å²) in [5.74, 6) is -0.558. The highest BCUT2D eigenvalue weighted by Gasteiger charge is 2.37. The maximum atomic E-state index is 14.4. The second-order valence-electron chi connectivity index (χ2n) is 11.1. The van der Waals surface area contributed by atoms with Gasteiger partial charge in [-0.3, -0.25) is 9.59 Å². The number of unbranched alkanes of at least 4 members (excludes halogenated alkanes) is 1. The molecule has 2 aromatic rings. The van der Waals surface area contributed by atoms with E-state index in [1.807, 2.05) is 83.1 Å². The Morgan fingerprint density at radius 3 is 2.05 bits per heavy atom. The first kappa shape index (κ1) is 30.9. The molecule has 2 atom stereocenters. The number of hydrogen-bond donors (Lipinski definition) is 2. The number of ether oxygens (including phenoxy) is 1. The molecule has 38 heavy (non-hydrogen) atoms. The zero-order valence-electron chi connectivity index (χ0n) is 24.3. The third-order valence-corrected chi connectivity index (χ3v) is 6.11. The standard InChI is InChI=1S/C31H45N3O4/c1-9-10-19-34(27(28(35)32-21(2)3)26-22(4)15-14-16-23(26)5)29(36)25(20-24-17-12-11-13-18-24)33-30(37)38-31(6,7)8/h11-18,21,25,27H,9-10,19-20H2,1-8H3,(H,32,35)(H,33,37). The maximum Gasteiger partial charge on any atom is 0.408 e. The minimum absolute atomic E-state index is 0.0996. The molecule has 208 valence electrons. The first-order valence-electron chi connectivity index (χ1n) is 13.5. The van der Waals surface area contributed by atoms with Gasteiger partial charge in [-0.05, 0) is 77.1 Å². The van der Waals surface area contributed by atoms with Crippen molar-refractivity contribution >= 4 is 17.9 Å². The average molecular weight is 524 g/mol. The number of rotatable bonds is 11. The molecule has 0 fully saturated rings. The monoisotopic (exact) mass is 523 g/mol. The topological polar surface area (TPSA) is 87.7 Å². The van der Waals surface area contributed by atoms with Crippen LogP contribution in [0.15, 0.2) is 48.5 Å². The summed E-state index contributed by atoms with van der Waals surface area (Å²) in [6, 6.07) is 13.6. The summed E-state index contributed by atoms with van der Waals surface area (Å²) in [7, 11) is 0. The van der Waals surface area contributed by atoms with E-state index in [2.05, 4.69) is 10.6 Å². The fourth-order valence-electron chi connectivity index (χ4n) is 4.45. The van der Waals surface area contributed by atoms with E-state index in [-0.39, 0.29) is 24.3 Å². The Bertz CT molecular complexity index is 1060. The molecular weight excluding hydrogens is 478 g/mol. The van der Waals surface area contributed by atoms with Crippen molar-refractivity contribution in [1.82, 2.24) is 15.5 Å². The van der Waals surface area contributed by atoms with Gasteiger partial charge in [0.15, 0.2) is 0 Å². The zero-order chi connectivity index (χ0) is 28.5. The molecule has 0 aliphatic carbocycles. The Hall–Kier alpha value is -3.35. The minimum atomic E-state index is -0.914. The second-order valence-corrected chi connectivity index (χ2v) is 11.1. The van der Waals surface area contributed by atoms with Gasteiger partial charge < -0.3 is 20.3 Å². The highest BCUT2D eigenvalue weighted by Crippen LogP contribution is 2.29. The van der Waals surface area contributed by atoms with Crippen LogP contribution in [-0.2, 0) is 20.7 Å². The van der Waals surface area contributed by atoms with E-state index in [0.717, 1.165) is 28.7 Å². The lowest BCUT2D eigenvalue weighted by atomic mass is 9.93. The van der Waals surface area contributed by atoms with Crippen LogP contribution in [0.5, 0.6) is 0 Å². The van der Waals surface area contributed by atoms with E-state index >= 15 is 0 Å². The van der Waals surface area contributed by atoms with E-state index in [1.165, 1.54) is 0 Å². The smallest absolute Gasteiger partial charge is 0.408 e. The molecule has 0 bridgehead atoms. The quantitative estimate of drug-likeness (QED) is 0.399. The van der Waals surface area contributed by atoms with Gasteiger partial charge in [0.25, 0.3) is 0 Å². The summed E-state index contributed by atoms with van der Waals surface area (Å²) in [5, 5.41) is 5.83. The number of carbonyl (C=O) groups is 3. The van der Waals surface area contributed by atoms with Gasteiger partial charge in [-0.15, -0.1) is 0 Å². The Kier molecular flexibility index (Phi) is 11.4. The molecule has 0 radical (unpaired) electrons. The van der Waals surface area contributed by atoms with Gasteiger partial charge in [0.1, 0.15) is 17.7 Å². The Labute approximate surface area is 228 Å². The number of benzene rings is 2. The summed E-state index contributed by atoms with van der Waals surface area (Å²) in [4.78, 5) is 42.6. The SMILES string of the molecule is CCCCN(C(=O)C(Cc1ccccc1)NC(=O)OC(C)(C)C)C(C(=O)NC(C)C)c1c(C)cccc1C. The number of nitrogens with zero attached hydrogens (tertiary/aromatic N) is 1. The minimum Gasteiger partial charge on any atom is -0.444 e. The van der Waals surface area contributed by atoms with Gasteiger partial charge in [0.2, 0.25) is 11.8 Å². The molecule has 0 aromatic heterocycles. The molecule has 0 saturated carbocycles. The van der Waals surface area contributed by atoms with Gasteiger partial charge in [0, 0.05) is 19.0 Å². The van der Waals surface area contributed by atoms with Crippen LogP contribution in [0.1, 0.15) is 82.7 Å². The number of nitrogens with one attached hydrogen (secondary N) is 2. The molecule has 0 heterocycles. The van der Waals surface area contributed by atoms with Crippen LogP contribution in [0.25, 0.3) is 0 Å². The number of hydrogen-bond acceptors (Lipinski definition) is 4. The Balaban J connectivity index is 2.60. The lowest BCUT2D eigenvalue weighted by Gasteiger charge is -2.36. The number of aryl methyl sites for hydroxylation is 2. The zero-order valence-corrected chi connectivity index (χ0v) is 24.3. The third-order valence-electron chi connectivity index (χ3n) is 6.11. The van der Waals surface area contributed by atoms with E-state index in [0.29, 0.717) is 13.0 Å². The highest BCUT2D eigenvalue weighted by molar-refractivity contribution is 5.92. The van der Waals surface area contributed by atoms with Crippen molar-refractivity contribution in [3.63, 3.8) is 0 Å². The van der Waals surface area contributed by atoms with Crippen molar-refractivity contribution in [2.24, 2.45) is 0 Å². The highest BCUT2D eigenvalue weighted by atomic mass is 16.6. The fraction of sp³-hybridized carbons (Fsp3) is 0.516. The van der Waals surface area contributed by atoms with Crippen LogP contribution >= 0.6 is 0 Å². The molecular formula is C31H45N3O4. The molecule has 0 aliphatic heterocycles. The van der Waals surface area contributed by atoms with Crippen molar-refractivity contribution < 1.29 is 19.1 Å². The summed E-state index contributed by atoms with van der Waals surface area (Å²) in [6.07, 6.45) is 1.16. The molecule has 2 unspecified atom stereocenters. The van der Waals surface area contributed by atoms with Crippen LogP contribution in [0.4, 0.5) is 4.79 Å². The van der Waals surface area contributed by atoms with E-state index in [4.69, 9.17) is 4.74 Å². The Morgan fingerprint density at radius 1 is 0.921 bits per heavy atom. The van der Waals surface area contributed by atoms with Crippen molar-refractivity contribution in [3.05, 3.63) is 70.8 Å². The van der Waals surface area contributed by atoms with Crippen molar-refractivity contribution in [1.29, 1.82) is 0 Å². The van der Waals surface area contributed by atoms with Crippen molar-refractivity contribution in [2.45, 2.75) is 98.4 Å². The molecule has 7 nitrogen and oxygen atoms in total. The van der Waals surface area contributed by atoms with Crippen molar-refractivity contribution in [3.8, 4) is 0 Å². The van der Waals surface area contributed by atoms with Gasteiger partial charge in [0.05, 0.1) is 0 Å². The van der Waals surface area contributed by atoms with Gasteiger partial charge >= 0.3 is 6.09 Å². The molecule has 3 amide bonds. The first-order valence-corrected chi connectivity index (χ1v) is 13.5. The predicted molar refractivity (Wildman–Crippen MR) is 152 cm³/mol. The molecule has 2 aromatic carbocycles. The molecule has 0 saturated heterocycles. The number of alkyl carbamates (subject to hydrolysis) is 1. The van der Waals surface area contributed by atoms with Crippen LogP contribution in [0.2, 0.25) is 0 Å². The fourth-order valence-corrected chi connectivity index (χ4v) is 4.45. The summed E-state index contributed by atoms with van der Waals surface area (Å²) in [5.41, 5.74) is 2.86. The lowest BCUT2D eigenvalue weighted by Crippen LogP contribution is -2.54. The Morgan fingerprint density at radius 2 is 1.53 bits per heavy atom. The molecule has 0 spiro atoms. The molecule has 2 rings (SSSR count).